The molecule has 1 N–H and O–H groups in total. The van der Waals surface area contributed by atoms with Crippen LogP contribution in [0, 0.1) is 0 Å². The summed E-state index contributed by atoms with van der Waals surface area (Å²) in [4.78, 5) is 4.45. The predicted octanol–water partition coefficient (Wildman–Crippen LogP) is 6.14. The first-order valence-corrected chi connectivity index (χ1v) is 10.6. The van der Waals surface area contributed by atoms with Crippen molar-refractivity contribution in [3.05, 3.63) is 111 Å². The maximum absolute atomic E-state index is 6.57. The van der Waals surface area contributed by atoms with Gasteiger partial charge < -0.3 is 10.1 Å². The minimum atomic E-state index is -0.326. The van der Waals surface area contributed by atoms with Gasteiger partial charge in [-0.05, 0) is 47.5 Å². The third-order valence-electron chi connectivity index (χ3n) is 5.68. The third kappa shape index (κ3) is 3.00. The average Bonchev–Trinajstić information content (AvgIpc) is 3.27. The molecule has 0 radical (unpaired) electrons. The van der Waals surface area contributed by atoms with Crippen LogP contribution in [0.25, 0.3) is 5.70 Å². The second-order valence-electron chi connectivity index (χ2n) is 7.48. The molecule has 0 aliphatic carbocycles. The van der Waals surface area contributed by atoms with Crippen molar-refractivity contribution in [3.8, 4) is 5.75 Å². The Morgan fingerprint density at radius 1 is 0.839 bits per heavy atom. The fraction of sp³-hybridized carbons (Fsp3) is 0.0833. The number of nitrogens with zero attached hydrogens (tertiary/aromatic N) is 3. The molecule has 4 aromatic rings. The Labute approximate surface area is 188 Å². The van der Waals surface area contributed by atoms with Gasteiger partial charge in [-0.2, -0.15) is 10.1 Å². The Balaban J connectivity index is 1.62. The molecular formula is C24H16Cl2N4O. The van der Waals surface area contributed by atoms with Gasteiger partial charge in [0.1, 0.15) is 24.2 Å². The van der Waals surface area contributed by atoms with Crippen molar-refractivity contribution in [1.82, 2.24) is 14.8 Å². The molecule has 5 nitrogen and oxygen atoms in total. The highest BCUT2D eigenvalue weighted by Crippen LogP contribution is 2.50. The van der Waals surface area contributed by atoms with Crippen LogP contribution in [0.15, 0.2) is 84.7 Å². The molecule has 2 aliphatic rings. The summed E-state index contributed by atoms with van der Waals surface area (Å²) in [6.07, 6.45) is 1.24. The lowest BCUT2D eigenvalue weighted by atomic mass is 9.84. The standard InChI is InChI=1S/C24H16Cl2N4O/c25-16-9-5-14(6-10-16)22-20-21(29-24-27-13-28-30(22)24)18-3-1-2-4-19(18)31-23(20)15-7-11-17(26)12-8-15/h1-13,22-23H,(H,27,28,29)/t22-,23+/m0/s1. The molecule has 7 heteroatoms. The first kappa shape index (κ1) is 18.5. The number of hydrogen-bond donors (Lipinski definition) is 1. The van der Waals surface area contributed by atoms with E-state index in [-0.39, 0.29) is 12.1 Å². The molecule has 0 saturated carbocycles. The van der Waals surface area contributed by atoms with E-state index in [2.05, 4.69) is 21.5 Å². The molecule has 1 aromatic heterocycles. The number of hydrogen-bond acceptors (Lipinski definition) is 4. The highest BCUT2D eigenvalue weighted by Gasteiger charge is 2.40. The van der Waals surface area contributed by atoms with E-state index in [0.29, 0.717) is 16.0 Å². The van der Waals surface area contributed by atoms with Gasteiger partial charge in [-0.1, -0.05) is 59.6 Å². The zero-order valence-electron chi connectivity index (χ0n) is 16.2. The Bertz CT molecular complexity index is 1310. The number of para-hydroxylation sites is 1. The van der Waals surface area contributed by atoms with Gasteiger partial charge in [0, 0.05) is 21.2 Å². The van der Waals surface area contributed by atoms with Crippen molar-refractivity contribution in [3.63, 3.8) is 0 Å². The van der Waals surface area contributed by atoms with E-state index in [1.807, 2.05) is 71.4 Å². The van der Waals surface area contributed by atoms with Gasteiger partial charge in [-0.25, -0.2) is 4.68 Å². The molecule has 6 rings (SSSR count). The monoisotopic (exact) mass is 446 g/mol. The van der Waals surface area contributed by atoms with E-state index in [4.69, 9.17) is 27.9 Å². The molecule has 2 aliphatic heterocycles. The van der Waals surface area contributed by atoms with Crippen molar-refractivity contribution >= 4 is 34.8 Å². The van der Waals surface area contributed by atoms with Crippen LogP contribution in [-0.2, 0) is 0 Å². The SMILES string of the molecule is Clc1ccc([C@H]2C3=C(Nc4ncnn42)c2ccccc2O[C@@H]3c2ccc(Cl)cc2)cc1. The van der Waals surface area contributed by atoms with Gasteiger partial charge in [-0.15, -0.1) is 0 Å². The molecule has 3 heterocycles. The number of nitrogens with one attached hydrogen (secondary N) is 1. The third-order valence-corrected chi connectivity index (χ3v) is 6.18. The second-order valence-corrected chi connectivity index (χ2v) is 8.36. The lowest BCUT2D eigenvalue weighted by Crippen LogP contribution is -2.32. The van der Waals surface area contributed by atoms with Crippen LogP contribution >= 0.6 is 23.2 Å². The fourth-order valence-electron chi connectivity index (χ4n) is 4.30. The van der Waals surface area contributed by atoms with E-state index < -0.39 is 0 Å². The Morgan fingerprint density at radius 2 is 1.52 bits per heavy atom. The summed E-state index contributed by atoms with van der Waals surface area (Å²) >= 11 is 12.3. The largest absolute Gasteiger partial charge is 0.480 e. The number of ether oxygens (including phenoxy) is 1. The summed E-state index contributed by atoms with van der Waals surface area (Å²) in [5.74, 6) is 1.50. The van der Waals surface area contributed by atoms with Gasteiger partial charge in [0.05, 0.1) is 5.70 Å². The lowest BCUT2D eigenvalue weighted by molar-refractivity contribution is 0.223. The van der Waals surface area contributed by atoms with E-state index in [1.54, 1.807) is 6.33 Å². The van der Waals surface area contributed by atoms with Gasteiger partial charge in [0.2, 0.25) is 5.95 Å². The number of halogens is 2. The molecule has 0 unspecified atom stereocenters. The van der Waals surface area contributed by atoms with E-state index in [9.17, 15) is 0 Å². The molecule has 31 heavy (non-hydrogen) atoms. The molecule has 3 aromatic carbocycles. The van der Waals surface area contributed by atoms with Crippen LogP contribution in [0.2, 0.25) is 10.0 Å². The molecule has 2 atom stereocenters. The smallest absolute Gasteiger partial charge is 0.226 e. The molecule has 0 fully saturated rings. The van der Waals surface area contributed by atoms with E-state index in [1.165, 1.54) is 0 Å². The number of aromatic nitrogens is 3. The lowest BCUT2D eigenvalue weighted by Gasteiger charge is -2.39. The summed E-state index contributed by atoms with van der Waals surface area (Å²) in [7, 11) is 0. The van der Waals surface area contributed by atoms with Crippen molar-refractivity contribution in [2.75, 3.05) is 5.32 Å². The Morgan fingerprint density at radius 3 is 2.26 bits per heavy atom. The maximum atomic E-state index is 6.57. The van der Waals surface area contributed by atoms with Crippen LogP contribution in [0.4, 0.5) is 5.95 Å². The first-order chi connectivity index (χ1) is 15.2. The topological polar surface area (TPSA) is 52.0 Å². The van der Waals surface area contributed by atoms with Crippen molar-refractivity contribution in [2.45, 2.75) is 12.1 Å². The zero-order chi connectivity index (χ0) is 20.9. The van der Waals surface area contributed by atoms with Crippen LogP contribution < -0.4 is 10.1 Å². The Kier molecular flexibility index (Phi) is 4.26. The first-order valence-electron chi connectivity index (χ1n) is 9.86. The molecule has 0 saturated heterocycles. The van der Waals surface area contributed by atoms with Gasteiger partial charge >= 0.3 is 0 Å². The molecular weight excluding hydrogens is 431 g/mol. The van der Waals surface area contributed by atoms with Crippen LogP contribution in [0.3, 0.4) is 0 Å². The average molecular weight is 447 g/mol. The second kappa shape index (κ2) is 7.15. The van der Waals surface area contributed by atoms with Crippen molar-refractivity contribution in [2.24, 2.45) is 0 Å². The summed E-state index contributed by atoms with van der Waals surface area (Å²) in [5, 5.41) is 9.39. The molecule has 152 valence electrons. The highest BCUT2D eigenvalue weighted by molar-refractivity contribution is 6.30. The molecule has 0 bridgehead atoms. The number of benzene rings is 3. The van der Waals surface area contributed by atoms with E-state index in [0.717, 1.165) is 33.7 Å². The summed E-state index contributed by atoms with van der Waals surface area (Å²) in [5.41, 5.74) is 5.10. The normalized spacial score (nSPS) is 19.0. The van der Waals surface area contributed by atoms with Crippen LogP contribution in [0.1, 0.15) is 28.8 Å². The summed E-state index contributed by atoms with van der Waals surface area (Å²) in [6.45, 7) is 0. The number of rotatable bonds is 2. The van der Waals surface area contributed by atoms with Crippen molar-refractivity contribution < 1.29 is 4.74 Å². The fourth-order valence-corrected chi connectivity index (χ4v) is 4.55. The van der Waals surface area contributed by atoms with Gasteiger partial charge in [0.15, 0.2) is 0 Å². The van der Waals surface area contributed by atoms with Crippen LogP contribution in [0.5, 0.6) is 5.75 Å². The van der Waals surface area contributed by atoms with Gasteiger partial charge in [-0.3, -0.25) is 0 Å². The Hall–Kier alpha value is -3.28. The quantitative estimate of drug-likeness (QED) is 0.401. The minimum Gasteiger partial charge on any atom is -0.480 e. The van der Waals surface area contributed by atoms with E-state index >= 15 is 0 Å². The van der Waals surface area contributed by atoms with Crippen LogP contribution in [-0.4, -0.2) is 14.8 Å². The highest BCUT2D eigenvalue weighted by atomic mass is 35.5. The maximum Gasteiger partial charge on any atom is 0.226 e. The zero-order valence-corrected chi connectivity index (χ0v) is 17.7. The predicted molar refractivity (Wildman–Crippen MR) is 121 cm³/mol. The van der Waals surface area contributed by atoms with Gasteiger partial charge in [0.25, 0.3) is 0 Å². The summed E-state index contributed by atoms with van der Waals surface area (Å²) < 4.78 is 8.46. The number of anilines is 1. The number of fused-ring (bicyclic) bond motifs is 3. The summed E-state index contributed by atoms with van der Waals surface area (Å²) in [6, 6.07) is 23.4. The molecule has 0 spiro atoms. The minimum absolute atomic E-state index is 0.208. The van der Waals surface area contributed by atoms with Crippen molar-refractivity contribution in [1.29, 1.82) is 0 Å². The molecule has 0 amide bonds.